The number of aryl methyl sites for hydroxylation is 1. The van der Waals surface area contributed by atoms with Crippen molar-refractivity contribution in [2.75, 3.05) is 6.54 Å². The highest BCUT2D eigenvalue weighted by atomic mass is 19.1. The molecule has 0 spiro atoms. The first-order valence-electron chi connectivity index (χ1n) is 6.47. The minimum Gasteiger partial charge on any atom is -0.305 e. The number of aromatic nitrogens is 2. The lowest BCUT2D eigenvalue weighted by Gasteiger charge is -2.18. The molecule has 1 aromatic heterocycles. The van der Waals surface area contributed by atoms with E-state index >= 15 is 0 Å². The second-order valence-corrected chi connectivity index (χ2v) is 4.53. The Balaban J connectivity index is 2.34. The van der Waals surface area contributed by atoms with Crippen LogP contribution in [0, 0.1) is 12.7 Å². The molecule has 0 bridgehead atoms. The minimum absolute atomic E-state index is 0.0482. The molecule has 0 amide bonds. The Kier molecular flexibility index (Phi) is 4.58. The summed E-state index contributed by atoms with van der Waals surface area (Å²) in [6.45, 7) is 4.75. The summed E-state index contributed by atoms with van der Waals surface area (Å²) in [7, 11) is 0. The summed E-state index contributed by atoms with van der Waals surface area (Å²) in [5.41, 5.74) is 2.50. The van der Waals surface area contributed by atoms with Gasteiger partial charge >= 0.3 is 0 Å². The first kappa shape index (κ1) is 13.6. The maximum atomic E-state index is 13.4. The van der Waals surface area contributed by atoms with E-state index < -0.39 is 0 Å². The van der Waals surface area contributed by atoms with Gasteiger partial charge in [0, 0.05) is 12.4 Å². The van der Waals surface area contributed by atoms with E-state index in [2.05, 4.69) is 22.2 Å². The topological polar surface area (TPSA) is 37.8 Å². The average molecular weight is 259 g/mol. The predicted molar refractivity (Wildman–Crippen MR) is 73.3 cm³/mol. The van der Waals surface area contributed by atoms with E-state index in [1.165, 1.54) is 6.07 Å². The molecule has 0 saturated carbocycles. The van der Waals surface area contributed by atoms with Crippen molar-refractivity contribution >= 4 is 0 Å². The Bertz CT molecular complexity index is 528. The number of nitrogens with one attached hydrogen (secondary N) is 1. The van der Waals surface area contributed by atoms with Crippen molar-refractivity contribution in [2.24, 2.45) is 0 Å². The Morgan fingerprint density at radius 1 is 1.32 bits per heavy atom. The number of hydrogen-bond acceptors (Lipinski definition) is 3. The van der Waals surface area contributed by atoms with Gasteiger partial charge in [-0.3, -0.25) is 9.97 Å². The van der Waals surface area contributed by atoms with E-state index in [1.807, 2.05) is 6.07 Å². The van der Waals surface area contributed by atoms with Gasteiger partial charge in [0.1, 0.15) is 5.82 Å². The van der Waals surface area contributed by atoms with E-state index in [9.17, 15) is 4.39 Å². The first-order chi connectivity index (χ1) is 9.22. The Morgan fingerprint density at radius 2 is 2.16 bits per heavy atom. The zero-order valence-electron chi connectivity index (χ0n) is 11.2. The van der Waals surface area contributed by atoms with Crippen LogP contribution in [-0.2, 0) is 0 Å². The zero-order chi connectivity index (χ0) is 13.7. The zero-order valence-corrected chi connectivity index (χ0v) is 11.2. The quantitative estimate of drug-likeness (QED) is 0.897. The van der Waals surface area contributed by atoms with Crippen LogP contribution in [0.1, 0.15) is 36.2 Å². The van der Waals surface area contributed by atoms with Gasteiger partial charge < -0.3 is 5.32 Å². The summed E-state index contributed by atoms with van der Waals surface area (Å²) in [6, 6.07) is 5.11. The van der Waals surface area contributed by atoms with Crippen molar-refractivity contribution in [1.82, 2.24) is 15.3 Å². The van der Waals surface area contributed by atoms with Crippen LogP contribution < -0.4 is 5.32 Å². The summed E-state index contributed by atoms with van der Waals surface area (Å²) >= 11 is 0. The first-order valence-corrected chi connectivity index (χ1v) is 6.47. The van der Waals surface area contributed by atoms with Gasteiger partial charge in [-0.05, 0) is 37.1 Å². The lowest BCUT2D eigenvalue weighted by molar-refractivity contribution is 0.578. The smallest absolute Gasteiger partial charge is 0.126 e. The molecule has 19 heavy (non-hydrogen) atoms. The van der Waals surface area contributed by atoms with E-state index in [4.69, 9.17) is 0 Å². The summed E-state index contributed by atoms with van der Waals surface area (Å²) in [5.74, 6) is -0.183. The van der Waals surface area contributed by atoms with Crippen LogP contribution in [0.3, 0.4) is 0 Å². The molecular weight excluding hydrogens is 241 g/mol. The summed E-state index contributed by atoms with van der Waals surface area (Å²) in [5, 5.41) is 3.42. The molecule has 0 fully saturated rings. The van der Waals surface area contributed by atoms with Crippen molar-refractivity contribution in [1.29, 1.82) is 0 Å². The summed E-state index contributed by atoms with van der Waals surface area (Å²) < 4.78 is 13.4. The van der Waals surface area contributed by atoms with Gasteiger partial charge in [-0.15, -0.1) is 0 Å². The third-order valence-electron chi connectivity index (χ3n) is 2.99. The standard InChI is InChI=1S/C15H18FN3/c1-3-6-19-15(14-10-17-7-8-18-14)12-4-5-13(16)11(2)9-12/h4-5,7-10,15,19H,3,6H2,1-2H3. The van der Waals surface area contributed by atoms with Crippen LogP contribution in [0.5, 0.6) is 0 Å². The van der Waals surface area contributed by atoms with Gasteiger partial charge in [0.15, 0.2) is 0 Å². The van der Waals surface area contributed by atoms with Crippen LogP contribution in [-0.4, -0.2) is 16.5 Å². The predicted octanol–water partition coefficient (Wildman–Crippen LogP) is 3.01. The minimum atomic E-state index is -0.183. The maximum Gasteiger partial charge on any atom is 0.126 e. The third kappa shape index (κ3) is 3.35. The van der Waals surface area contributed by atoms with E-state index in [1.54, 1.807) is 31.6 Å². The molecule has 1 aromatic carbocycles. The van der Waals surface area contributed by atoms with Crippen LogP contribution in [0.2, 0.25) is 0 Å². The van der Waals surface area contributed by atoms with Crippen molar-refractivity contribution in [2.45, 2.75) is 26.3 Å². The molecule has 1 atom stereocenters. The number of halogens is 1. The molecular formula is C15H18FN3. The maximum absolute atomic E-state index is 13.4. The van der Waals surface area contributed by atoms with Crippen LogP contribution in [0.25, 0.3) is 0 Å². The van der Waals surface area contributed by atoms with Crippen molar-refractivity contribution in [3.05, 3.63) is 59.4 Å². The second-order valence-electron chi connectivity index (χ2n) is 4.53. The molecule has 2 aromatic rings. The van der Waals surface area contributed by atoms with Gasteiger partial charge in [0.2, 0.25) is 0 Å². The normalized spacial score (nSPS) is 12.4. The Hall–Kier alpha value is -1.81. The molecule has 0 aliphatic heterocycles. The average Bonchev–Trinajstić information content (AvgIpc) is 2.44. The summed E-state index contributed by atoms with van der Waals surface area (Å²) in [6.07, 6.45) is 6.09. The van der Waals surface area contributed by atoms with Gasteiger partial charge in [-0.1, -0.05) is 19.1 Å². The summed E-state index contributed by atoms with van der Waals surface area (Å²) in [4.78, 5) is 8.44. The number of rotatable bonds is 5. The van der Waals surface area contributed by atoms with Gasteiger partial charge in [-0.25, -0.2) is 4.39 Å². The molecule has 100 valence electrons. The fraction of sp³-hybridized carbons (Fsp3) is 0.333. The third-order valence-corrected chi connectivity index (χ3v) is 2.99. The fourth-order valence-corrected chi connectivity index (χ4v) is 1.99. The van der Waals surface area contributed by atoms with Crippen molar-refractivity contribution < 1.29 is 4.39 Å². The lowest BCUT2D eigenvalue weighted by atomic mass is 10.0. The SMILES string of the molecule is CCCNC(c1ccc(F)c(C)c1)c1cnccn1. The van der Waals surface area contributed by atoms with Crippen LogP contribution in [0.4, 0.5) is 4.39 Å². The molecule has 1 unspecified atom stereocenters. The fourth-order valence-electron chi connectivity index (χ4n) is 1.99. The number of benzene rings is 1. The largest absolute Gasteiger partial charge is 0.305 e. The molecule has 1 N–H and O–H groups in total. The van der Waals surface area contributed by atoms with Gasteiger partial charge in [0.05, 0.1) is 17.9 Å². The van der Waals surface area contributed by atoms with Gasteiger partial charge in [0.25, 0.3) is 0 Å². The van der Waals surface area contributed by atoms with Gasteiger partial charge in [-0.2, -0.15) is 0 Å². The highest BCUT2D eigenvalue weighted by molar-refractivity contribution is 5.31. The molecule has 0 aliphatic rings. The molecule has 0 saturated heterocycles. The number of hydrogen-bond donors (Lipinski definition) is 1. The lowest BCUT2D eigenvalue weighted by Crippen LogP contribution is -2.24. The van der Waals surface area contributed by atoms with E-state index in [-0.39, 0.29) is 11.9 Å². The molecule has 0 aliphatic carbocycles. The highest BCUT2D eigenvalue weighted by Gasteiger charge is 2.15. The molecule has 4 heteroatoms. The van der Waals surface area contributed by atoms with Crippen molar-refractivity contribution in [3.63, 3.8) is 0 Å². The molecule has 2 rings (SSSR count). The van der Waals surface area contributed by atoms with Crippen LogP contribution >= 0.6 is 0 Å². The second kappa shape index (κ2) is 6.38. The van der Waals surface area contributed by atoms with Crippen LogP contribution in [0.15, 0.2) is 36.8 Å². The van der Waals surface area contributed by atoms with E-state index in [0.29, 0.717) is 5.56 Å². The van der Waals surface area contributed by atoms with E-state index in [0.717, 1.165) is 24.2 Å². The molecule has 3 nitrogen and oxygen atoms in total. The molecule has 1 heterocycles. The van der Waals surface area contributed by atoms with Crippen molar-refractivity contribution in [3.8, 4) is 0 Å². The Morgan fingerprint density at radius 3 is 2.79 bits per heavy atom. The molecule has 0 radical (unpaired) electrons. The number of nitrogens with zero attached hydrogens (tertiary/aromatic N) is 2. The Labute approximate surface area is 112 Å². The highest BCUT2D eigenvalue weighted by Crippen LogP contribution is 2.21. The monoisotopic (exact) mass is 259 g/mol.